The Morgan fingerprint density at radius 1 is 1.08 bits per heavy atom. The van der Waals surface area contributed by atoms with Crippen molar-refractivity contribution < 1.29 is 24.2 Å². The van der Waals surface area contributed by atoms with Crippen LogP contribution in [0.5, 0.6) is 11.5 Å². The van der Waals surface area contributed by atoms with Crippen LogP contribution in [-0.4, -0.2) is 47.9 Å². The Morgan fingerprint density at radius 3 is 2.53 bits per heavy atom. The Morgan fingerprint density at radius 2 is 1.84 bits per heavy atom. The van der Waals surface area contributed by atoms with Crippen molar-refractivity contribution in [2.24, 2.45) is 0 Å². The summed E-state index contributed by atoms with van der Waals surface area (Å²) in [5.41, 5.74) is 4.64. The second-order valence-electron chi connectivity index (χ2n) is 8.44. The molecule has 0 saturated carbocycles. The minimum atomic E-state index is -0.250. The Labute approximate surface area is 225 Å². The largest absolute Gasteiger partial charge is 0.497 e. The van der Waals surface area contributed by atoms with Crippen molar-refractivity contribution in [3.63, 3.8) is 0 Å². The quantitative estimate of drug-likeness (QED) is 0.255. The molecule has 0 atom stereocenters. The maximum atomic E-state index is 12.8. The molecule has 0 aliphatic heterocycles. The number of nitrogens with one attached hydrogen (secondary N) is 2. The van der Waals surface area contributed by atoms with Gasteiger partial charge in [-0.25, -0.2) is 0 Å². The van der Waals surface area contributed by atoms with E-state index in [1.165, 1.54) is 0 Å². The summed E-state index contributed by atoms with van der Waals surface area (Å²) in [7, 11) is 3.26. The molecule has 0 aliphatic carbocycles. The molecule has 0 bridgehead atoms. The number of rotatable bonds is 8. The van der Waals surface area contributed by atoms with Gasteiger partial charge in [0.15, 0.2) is 0 Å². The lowest BCUT2D eigenvalue weighted by Crippen LogP contribution is -2.30. The molecular formula is C28H29ClN4O5. The lowest BCUT2D eigenvalue weighted by molar-refractivity contribution is -0.122. The first-order chi connectivity index (χ1) is 18.3. The van der Waals surface area contributed by atoms with Gasteiger partial charge in [-0.2, -0.15) is 10.2 Å². The van der Waals surface area contributed by atoms with Crippen LogP contribution in [0, 0.1) is 0 Å². The van der Waals surface area contributed by atoms with Crippen LogP contribution < -0.4 is 20.1 Å². The zero-order valence-corrected chi connectivity index (χ0v) is 22.2. The van der Waals surface area contributed by atoms with E-state index in [-0.39, 0.29) is 18.4 Å². The fraction of sp³-hybridized carbons (Fsp3) is 0.214. The van der Waals surface area contributed by atoms with Crippen molar-refractivity contribution in [2.75, 3.05) is 19.5 Å². The fourth-order valence-electron chi connectivity index (χ4n) is 3.85. The third-order valence-electron chi connectivity index (χ3n) is 5.56. The second kappa shape index (κ2) is 13.3. The van der Waals surface area contributed by atoms with E-state index in [1.54, 1.807) is 38.6 Å². The molecule has 4 rings (SSSR count). The van der Waals surface area contributed by atoms with Crippen LogP contribution in [0.4, 0.5) is 5.69 Å². The summed E-state index contributed by atoms with van der Waals surface area (Å²) in [4.78, 5) is 21.1. The first-order valence-corrected chi connectivity index (χ1v) is 12.1. The Bertz CT molecular complexity index is 1430. The van der Waals surface area contributed by atoms with Crippen LogP contribution in [0.1, 0.15) is 29.8 Å². The average Bonchev–Trinajstić information content (AvgIpc) is 2.91. The smallest absolute Gasteiger partial charge is 0.290 e. The van der Waals surface area contributed by atoms with Crippen molar-refractivity contribution in [1.82, 2.24) is 15.5 Å². The van der Waals surface area contributed by atoms with E-state index in [0.717, 1.165) is 39.3 Å². The number of carboxylic acid groups (broad SMARTS) is 1. The van der Waals surface area contributed by atoms with Gasteiger partial charge in [-0.1, -0.05) is 17.7 Å². The molecule has 9 nitrogen and oxygen atoms in total. The molecule has 1 aromatic heterocycles. The predicted octanol–water partition coefficient (Wildman–Crippen LogP) is 5.42. The number of hydrogen-bond donors (Lipinski definition) is 3. The maximum Gasteiger partial charge on any atom is 0.290 e. The van der Waals surface area contributed by atoms with Crippen LogP contribution in [-0.2, 0) is 11.3 Å². The molecule has 4 aromatic rings. The highest BCUT2D eigenvalue weighted by Gasteiger charge is 2.16. The van der Waals surface area contributed by atoms with E-state index in [2.05, 4.69) is 20.8 Å². The molecule has 0 aliphatic rings. The van der Waals surface area contributed by atoms with Crippen molar-refractivity contribution in [2.45, 2.75) is 26.4 Å². The number of carbonyl (C=O) groups is 2. The first kappa shape index (κ1) is 28.2. The number of methoxy groups -OCH3 is 2. The van der Waals surface area contributed by atoms with Crippen LogP contribution in [0.3, 0.4) is 0 Å². The Kier molecular flexibility index (Phi) is 9.84. The van der Waals surface area contributed by atoms with Gasteiger partial charge in [-0.15, -0.1) is 0 Å². The topological polar surface area (TPSA) is 123 Å². The normalized spacial score (nSPS) is 10.4. The van der Waals surface area contributed by atoms with Gasteiger partial charge in [0.25, 0.3) is 12.4 Å². The van der Waals surface area contributed by atoms with E-state index in [1.807, 2.05) is 50.2 Å². The molecule has 0 radical (unpaired) electrons. The van der Waals surface area contributed by atoms with E-state index >= 15 is 0 Å². The van der Waals surface area contributed by atoms with Crippen LogP contribution in [0.25, 0.3) is 22.0 Å². The minimum Gasteiger partial charge on any atom is -0.497 e. The molecule has 38 heavy (non-hydrogen) atoms. The van der Waals surface area contributed by atoms with Gasteiger partial charge in [0.05, 0.1) is 31.6 Å². The Balaban J connectivity index is 0.00000127. The number of nitrogens with zero attached hydrogens (tertiary/aromatic N) is 2. The number of ether oxygens (including phenoxy) is 2. The lowest BCUT2D eigenvalue weighted by Gasteiger charge is -2.15. The molecule has 0 unspecified atom stereocenters. The zero-order valence-electron chi connectivity index (χ0n) is 21.5. The first-order valence-electron chi connectivity index (χ1n) is 11.7. The summed E-state index contributed by atoms with van der Waals surface area (Å²) in [5, 5.41) is 23.2. The Hall–Kier alpha value is -4.37. The number of hydrogen-bond acceptors (Lipinski definition) is 7. The third kappa shape index (κ3) is 6.89. The van der Waals surface area contributed by atoms with Gasteiger partial charge in [0, 0.05) is 40.2 Å². The van der Waals surface area contributed by atoms with E-state index in [4.69, 9.17) is 31.0 Å². The summed E-state index contributed by atoms with van der Waals surface area (Å²) in [5.74, 6) is 1.32. The molecule has 0 saturated heterocycles. The molecule has 10 heteroatoms. The molecule has 3 N–H and O–H groups in total. The summed E-state index contributed by atoms with van der Waals surface area (Å²) >= 11 is 6.28. The van der Waals surface area contributed by atoms with Gasteiger partial charge < -0.3 is 25.2 Å². The molecular weight excluding hydrogens is 508 g/mol. The number of carbonyl (C=O) groups excluding carboxylic acids is 1. The number of aromatic nitrogens is 2. The standard InChI is InChI=1S/C27H27ClN4O3.CH2O2/c1-16(2)31-27(33)21-10-7-19(28)12-23(21)17-6-9-22-24(11-17)32-30-15-25(22)29-14-18-5-8-20(34-3)13-26(18)35-4;2-1-3/h5-13,15-16H,14H2,1-4H3,(H,29,32)(H,31,33);1H,(H,2,3). The van der Waals surface area contributed by atoms with Gasteiger partial charge in [0.1, 0.15) is 11.5 Å². The molecule has 1 amide bonds. The SMILES string of the molecule is COc1ccc(CNc2cnnc3cc(-c4cc(Cl)ccc4C(=O)NC(C)C)ccc23)c(OC)c1.O=CO. The highest BCUT2D eigenvalue weighted by Crippen LogP contribution is 2.32. The molecule has 1 heterocycles. The third-order valence-corrected chi connectivity index (χ3v) is 5.80. The summed E-state index contributed by atoms with van der Waals surface area (Å²) < 4.78 is 10.8. The van der Waals surface area contributed by atoms with Crippen molar-refractivity contribution in [3.05, 3.63) is 76.9 Å². The molecule has 0 fully saturated rings. The molecule has 3 aromatic carbocycles. The molecule has 198 valence electrons. The number of benzene rings is 3. The van der Waals surface area contributed by atoms with Crippen LogP contribution in [0.15, 0.2) is 60.8 Å². The number of halogens is 1. The van der Waals surface area contributed by atoms with Crippen LogP contribution >= 0.6 is 11.6 Å². The second-order valence-corrected chi connectivity index (χ2v) is 8.88. The van der Waals surface area contributed by atoms with Crippen molar-refractivity contribution in [3.8, 4) is 22.6 Å². The van der Waals surface area contributed by atoms with E-state index in [9.17, 15) is 4.79 Å². The van der Waals surface area contributed by atoms with Gasteiger partial charge in [-0.3, -0.25) is 9.59 Å². The highest BCUT2D eigenvalue weighted by molar-refractivity contribution is 6.31. The molecule has 0 spiro atoms. The maximum absolute atomic E-state index is 12.8. The van der Waals surface area contributed by atoms with Gasteiger partial charge in [-0.05, 0) is 67.4 Å². The van der Waals surface area contributed by atoms with Crippen molar-refractivity contribution >= 4 is 40.6 Å². The van der Waals surface area contributed by atoms with Gasteiger partial charge in [0.2, 0.25) is 0 Å². The number of fused-ring (bicyclic) bond motifs is 1. The lowest BCUT2D eigenvalue weighted by atomic mass is 9.97. The van der Waals surface area contributed by atoms with Crippen LogP contribution in [0.2, 0.25) is 5.02 Å². The predicted molar refractivity (Wildman–Crippen MR) is 148 cm³/mol. The van der Waals surface area contributed by atoms with Gasteiger partial charge >= 0.3 is 0 Å². The van der Waals surface area contributed by atoms with Crippen molar-refractivity contribution in [1.29, 1.82) is 0 Å². The summed E-state index contributed by atoms with van der Waals surface area (Å²) in [6.45, 7) is 4.13. The minimum absolute atomic E-state index is 0.0199. The monoisotopic (exact) mass is 536 g/mol. The van der Waals surface area contributed by atoms with E-state index in [0.29, 0.717) is 22.6 Å². The van der Waals surface area contributed by atoms with E-state index < -0.39 is 0 Å². The highest BCUT2D eigenvalue weighted by atomic mass is 35.5. The zero-order chi connectivity index (χ0) is 27.7. The summed E-state index contributed by atoms with van der Waals surface area (Å²) in [6.07, 6.45) is 1.69. The summed E-state index contributed by atoms with van der Waals surface area (Å²) in [6, 6.07) is 16.8. The fourth-order valence-corrected chi connectivity index (χ4v) is 4.02. The number of amides is 1. The average molecular weight is 537 g/mol. The number of anilines is 1.